The van der Waals surface area contributed by atoms with Gasteiger partial charge in [-0.3, -0.25) is 4.90 Å². The summed E-state index contributed by atoms with van der Waals surface area (Å²) in [5.74, 6) is 0.927. The third kappa shape index (κ3) is 6.30. The van der Waals surface area contributed by atoms with Crippen molar-refractivity contribution in [3.05, 3.63) is 65.0 Å². The molecule has 2 aromatic rings. The molecule has 1 atom stereocenters. The molecule has 1 unspecified atom stereocenters. The fourth-order valence-corrected chi connectivity index (χ4v) is 5.05. The number of aromatic nitrogens is 2. The van der Waals surface area contributed by atoms with Gasteiger partial charge in [-0.15, -0.1) is 0 Å². The molecule has 3 aliphatic heterocycles. The van der Waals surface area contributed by atoms with Crippen LogP contribution in [0.2, 0.25) is 0 Å². The Morgan fingerprint density at radius 1 is 1.05 bits per heavy atom. The first-order valence-corrected chi connectivity index (χ1v) is 13.2. The Hall–Kier alpha value is -3.31. The molecule has 2 saturated heterocycles. The number of ether oxygens (including phenoxy) is 1. The molecule has 0 saturated carbocycles. The highest BCUT2D eigenvalue weighted by Gasteiger charge is 2.38. The normalized spacial score (nSPS) is 21.0. The lowest BCUT2D eigenvalue weighted by atomic mass is 10.1. The smallest absolute Gasteiger partial charge is 0.379 e. The van der Waals surface area contributed by atoms with Crippen LogP contribution < -0.4 is 4.90 Å². The number of halogens is 4. The Kier molecular flexibility index (Phi) is 7.99. The average Bonchev–Trinajstić information content (AvgIpc) is 3.17. The minimum atomic E-state index is -4.49. The molecule has 0 N–H and O–H groups in total. The van der Waals surface area contributed by atoms with Crippen molar-refractivity contribution >= 4 is 12.0 Å². The number of aryl methyl sites for hydroxylation is 1. The van der Waals surface area contributed by atoms with Crippen LogP contribution >= 0.6 is 0 Å². The van der Waals surface area contributed by atoms with Crippen molar-refractivity contribution in [3.8, 4) is 11.3 Å². The first-order chi connectivity index (χ1) is 18.7. The molecule has 1 aromatic heterocycles. The summed E-state index contributed by atoms with van der Waals surface area (Å²) in [7, 11) is 0. The molecule has 208 valence electrons. The van der Waals surface area contributed by atoms with E-state index in [0.717, 1.165) is 19.2 Å². The van der Waals surface area contributed by atoms with E-state index in [9.17, 15) is 17.6 Å². The van der Waals surface area contributed by atoms with E-state index >= 15 is 0 Å². The van der Waals surface area contributed by atoms with Crippen molar-refractivity contribution in [2.24, 2.45) is 4.99 Å². The minimum Gasteiger partial charge on any atom is -0.379 e. The standard InChI is InChI=1S/C28H32F4N6O/c1-19-6-7-21(15-23(19)29)24-16-26(35-25(34-24)18-36-11-13-39-14-12-36)38-10-9-37(17-20(38)2)27-22(28(30,31)32)5-3-4-8-33-27/h3,5-8,15-16,20H,4,9-14,17-18H2,1-2H3. The lowest BCUT2D eigenvalue weighted by Crippen LogP contribution is -2.52. The van der Waals surface area contributed by atoms with Gasteiger partial charge in [0.1, 0.15) is 23.3 Å². The summed E-state index contributed by atoms with van der Waals surface area (Å²) < 4.78 is 61.3. The Labute approximate surface area is 225 Å². The number of nitrogens with zero attached hydrogens (tertiary/aromatic N) is 6. The first kappa shape index (κ1) is 27.3. The van der Waals surface area contributed by atoms with E-state index in [1.807, 2.05) is 19.1 Å². The van der Waals surface area contributed by atoms with Crippen molar-refractivity contribution in [1.29, 1.82) is 0 Å². The molecule has 11 heteroatoms. The second kappa shape index (κ2) is 11.4. The molecule has 0 bridgehead atoms. The third-order valence-electron chi connectivity index (χ3n) is 7.20. The van der Waals surface area contributed by atoms with Gasteiger partial charge in [0.2, 0.25) is 0 Å². The van der Waals surface area contributed by atoms with E-state index in [1.54, 1.807) is 17.9 Å². The van der Waals surface area contributed by atoms with Crippen LogP contribution in [0.1, 0.15) is 24.7 Å². The molecular formula is C28H32F4N6O. The summed E-state index contributed by atoms with van der Waals surface area (Å²) in [5.41, 5.74) is 1.08. The molecule has 2 fully saturated rings. The number of benzene rings is 1. The van der Waals surface area contributed by atoms with E-state index in [1.165, 1.54) is 18.4 Å². The third-order valence-corrected chi connectivity index (χ3v) is 7.20. The summed E-state index contributed by atoms with van der Waals surface area (Å²) in [5, 5.41) is 0. The number of hydrogen-bond donors (Lipinski definition) is 0. The molecule has 5 rings (SSSR count). The summed E-state index contributed by atoms with van der Waals surface area (Å²) in [4.78, 5) is 19.8. The van der Waals surface area contributed by atoms with Crippen LogP contribution in [0.3, 0.4) is 0 Å². The predicted octanol–water partition coefficient (Wildman–Crippen LogP) is 4.74. The zero-order valence-corrected chi connectivity index (χ0v) is 22.1. The van der Waals surface area contributed by atoms with Gasteiger partial charge in [-0.2, -0.15) is 13.2 Å². The topological polar surface area (TPSA) is 57.1 Å². The lowest BCUT2D eigenvalue weighted by molar-refractivity contribution is -0.0904. The van der Waals surface area contributed by atoms with Crippen LogP contribution in [-0.2, 0) is 11.3 Å². The number of anilines is 1. The molecule has 0 spiro atoms. The van der Waals surface area contributed by atoms with Crippen molar-refractivity contribution in [2.45, 2.75) is 39.0 Å². The molecule has 0 amide bonds. The number of allylic oxidation sites excluding steroid dienone is 3. The number of hydrogen-bond acceptors (Lipinski definition) is 7. The van der Waals surface area contributed by atoms with Crippen LogP contribution in [0, 0.1) is 12.7 Å². The first-order valence-electron chi connectivity index (χ1n) is 13.2. The molecule has 1 aromatic carbocycles. The van der Waals surface area contributed by atoms with Crippen molar-refractivity contribution in [2.75, 3.05) is 50.8 Å². The van der Waals surface area contributed by atoms with Crippen LogP contribution in [0.5, 0.6) is 0 Å². The number of alkyl halides is 3. The molecule has 3 aliphatic rings. The van der Waals surface area contributed by atoms with Crippen LogP contribution in [0.4, 0.5) is 23.4 Å². The van der Waals surface area contributed by atoms with Crippen LogP contribution in [0.15, 0.2) is 52.8 Å². The van der Waals surface area contributed by atoms with Gasteiger partial charge in [-0.25, -0.2) is 19.4 Å². The molecule has 0 aliphatic carbocycles. The van der Waals surface area contributed by atoms with Crippen molar-refractivity contribution in [3.63, 3.8) is 0 Å². The Morgan fingerprint density at radius 3 is 2.56 bits per heavy atom. The van der Waals surface area contributed by atoms with E-state index < -0.39 is 11.7 Å². The minimum absolute atomic E-state index is 0.0470. The molecule has 7 nitrogen and oxygen atoms in total. The van der Waals surface area contributed by atoms with Crippen LogP contribution in [-0.4, -0.2) is 84.1 Å². The van der Waals surface area contributed by atoms with Crippen molar-refractivity contribution in [1.82, 2.24) is 19.8 Å². The highest BCUT2D eigenvalue weighted by Crippen LogP contribution is 2.34. The Bertz CT molecular complexity index is 1290. The van der Waals surface area contributed by atoms with Crippen molar-refractivity contribution < 1.29 is 22.3 Å². The molecule has 4 heterocycles. The predicted molar refractivity (Wildman–Crippen MR) is 142 cm³/mol. The fourth-order valence-electron chi connectivity index (χ4n) is 5.05. The summed E-state index contributed by atoms with van der Waals surface area (Å²) in [6.45, 7) is 8.16. The number of morpholine rings is 1. The largest absolute Gasteiger partial charge is 0.419 e. The zero-order chi connectivity index (χ0) is 27.6. The van der Waals surface area contributed by atoms with E-state index in [-0.39, 0.29) is 17.7 Å². The maximum absolute atomic E-state index is 14.4. The number of piperazine rings is 1. The van der Waals surface area contributed by atoms with Gasteiger partial charge >= 0.3 is 6.18 Å². The molecule has 0 radical (unpaired) electrons. The second-order valence-electron chi connectivity index (χ2n) is 10.1. The Balaban J connectivity index is 1.45. The fraction of sp³-hybridized carbons (Fsp3) is 0.464. The average molecular weight is 545 g/mol. The maximum Gasteiger partial charge on any atom is 0.419 e. The van der Waals surface area contributed by atoms with E-state index in [0.29, 0.717) is 74.3 Å². The summed E-state index contributed by atoms with van der Waals surface area (Å²) in [6.07, 6.45) is -0.0298. The molecular weight excluding hydrogens is 512 g/mol. The lowest BCUT2D eigenvalue weighted by Gasteiger charge is -2.42. The zero-order valence-electron chi connectivity index (χ0n) is 22.1. The number of rotatable bonds is 5. The van der Waals surface area contributed by atoms with Gasteiger partial charge in [0.05, 0.1) is 31.0 Å². The number of aliphatic imine (C=N–C) groups is 1. The summed E-state index contributed by atoms with van der Waals surface area (Å²) >= 11 is 0. The summed E-state index contributed by atoms with van der Waals surface area (Å²) in [6, 6.07) is 6.73. The maximum atomic E-state index is 14.4. The van der Waals surface area contributed by atoms with Gasteiger partial charge < -0.3 is 14.5 Å². The highest BCUT2D eigenvalue weighted by atomic mass is 19.4. The van der Waals surface area contributed by atoms with E-state index in [2.05, 4.69) is 14.8 Å². The SMILES string of the molecule is Cc1ccc(-c2cc(N3CCN(C4=C(C(F)(F)F)C=CCC=N4)CC3C)nc(CN3CCOCC3)n2)cc1F. The van der Waals surface area contributed by atoms with Gasteiger partial charge in [0.25, 0.3) is 0 Å². The monoisotopic (exact) mass is 544 g/mol. The second-order valence-corrected chi connectivity index (χ2v) is 10.1. The Morgan fingerprint density at radius 2 is 1.85 bits per heavy atom. The van der Waals surface area contributed by atoms with Gasteiger partial charge in [-0.05, 0) is 31.6 Å². The van der Waals surface area contributed by atoms with Crippen LogP contribution in [0.25, 0.3) is 11.3 Å². The van der Waals surface area contributed by atoms with Gasteiger partial charge in [0, 0.05) is 63.0 Å². The quantitative estimate of drug-likeness (QED) is 0.507. The molecule has 39 heavy (non-hydrogen) atoms. The highest BCUT2D eigenvalue weighted by molar-refractivity contribution is 5.64. The van der Waals surface area contributed by atoms with E-state index in [4.69, 9.17) is 14.7 Å². The van der Waals surface area contributed by atoms with Gasteiger partial charge in [0.15, 0.2) is 0 Å². The van der Waals surface area contributed by atoms with Gasteiger partial charge in [-0.1, -0.05) is 18.2 Å².